The maximum atomic E-state index is 12.8. The van der Waals surface area contributed by atoms with E-state index in [0.717, 1.165) is 103 Å². The molecule has 0 amide bonds. The van der Waals surface area contributed by atoms with Gasteiger partial charge >= 0.3 is 17.9 Å². The minimum atomic E-state index is -0.816. The van der Waals surface area contributed by atoms with E-state index in [2.05, 4.69) is 112 Å². The maximum Gasteiger partial charge on any atom is 0.306 e. The summed E-state index contributed by atoms with van der Waals surface area (Å²) in [4.78, 5) is 38.0. The molecule has 376 valence electrons. The number of rotatable bonds is 48. The fraction of sp³-hybridized carbons (Fsp3) is 0.683. The maximum absolute atomic E-state index is 12.8. The Hall–Kier alpha value is -3.67. The van der Waals surface area contributed by atoms with Crippen LogP contribution in [0, 0.1) is 0 Å². The van der Waals surface area contributed by atoms with Crippen LogP contribution in [0.4, 0.5) is 0 Å². The number of unbranched alkanes of at least 4 members (excludes halogenated alkanes) is 21. The second kappa shape index (κ2) is 53.9. The lowest BCUT2D eigenvalue weighted by Gasteiger charge is -2.18. The summed E-state index contributed by atoms with van der Waals surface area (Å²) >= 11 is 0. The van der Waals surface area contributed by atoms with E-state index in [0.29, 0.717) is 19.3 Å². The van der Waals surface area contributed by atoms with Gasteiger partial charge in [-0.15, -0.1) is 0 Å². The number of allylic oxidation sites excluding steroid dienone is 16. The molecule has 0 heterocycles. The molecule has 0 aromatic heterocycles. The van der Waals surface area contributed by atoms with E-state index in [1.165, 1.54) is 96.3 Å². The highest BCUT2D eigenvalue weighted by atomic mass is 16.6. The van der Waals surface area contributed by atoms with Crippen LogP contribution in [-0.2, 0) is 28.6 Å². The van der Waals surface area contributed by atoms with Crippen LogP contribution in [-0.4, -0.2) is 37.2 Å². The van der Waals surface area contributed by atoms with Crippen LogP contribution < -0.4 is 0 Å². The van der Waals surface area contributed by atoms with E-state index >= 15 is 0 Å². The predicted molar refractivity (Wildman–Crippen MR) is 284 cm³/mol. The van der Waals surface area contributed by atoms with Gasteiger partial charge in [0.2, 0.25) is 0 Å². The molecule has 0 unspecified atom stereocenters. The van der Waals surface area contributed by atoms with Gasteiger partial charge in [-0.2, -0.15) is 0 Å². The predicted octanol–water partition coefficient (Wildman–Crippen LogP) is 18.1. The normalized spacial score (nSPS) is 12.8. The fourth-order valence-corrected chi connectivity index (χ4v) is 7.22. The number of hydrogen-bond donors (Lipinski definition) is 0. The molecule has 1 atom stereocenters. The molecule has 0 aromatic rings. The third-order valence-electron chi connectivity index (χ3n) is 11.3. The van der Waals surface area contributed by atoms with Gasteiger partial charge in [-0.1, -0.05) is 214 Å². The largest absolute Gasteiger partial charge is 0.462 e. The number of esters is 3. The Morgan fingerprint density at radius 3 is 1.03 bits per heavy atom. The van der Waals surface area contributed by atoms with Crippen LogP contribution in [0.25, 0.3) is 0 Å². The lowest BCUT2D eigenvalue weighted by molar-refractivity contribution is -0.166. The average Bonchev–Trinajstić information content (AvgIpc) is 3.31. The van der Waals surface area contributed by atoms with Crippen molar-refractivity contribution in [2.75, 3.05) is 13.2 Å². The van der Waals surface area contributed by atoms with E-state index in [9.17, 15) is 14.4 Å². The summed E-state index contributed by atoms with van der Waals surface area (Å²) < 4.78 is 16.7. The Morgan fingerprint density at radius 1 is 0.318 bits per heavy atom. The summed E-state index contributed by atoms with van der Waals surface area (Å²) in [5.74, 6) is -1.01. The van der Waals surface area contributed by atoms with Crippen molar-refractivity contribution < 1.29 is 28.6 Å². The smallest absolute Gasteiger partial charge is 0.306 e. The van der Waals surface area contributed by atoms with Gasteiger partial charge < -0.3 is 14.2 Å². The van der Waals surface area contributed by atoms with E-state index in [4.69, 9.17) is 14.2 Å². The van der Waals surface area contributed by atoms with Crippen molar-refractivity contribution in [1.29, 1.82) is 0 Å². The summed E-state index contributed by atoms with van der Waals surface area (Å²) in [6, 6.07) is 0. The highest BCUT2D eigenvalue weighted by Crippen LogP contribution is 2.13. The van der Waals surface area contributed by atoms with Gasteiger partial charge in [0.15, 0.2) is 6.10 Å². The fourth-order valence-electron chi connectivity index (χ4n) is 7.22. The van der Waals surface area contributed by atoms with E-state index in [1.807, 2.05) is 6.08 Å². The molecular weight excluding hydrogens is 817 g/mol. The molecule has 0 rings (SSSR count). The van der Waals surface area contributed by atoms with Gasteiger partial charge in [-0.25, -0.2) is 0 Å². The van der Waals surface area contributed by atoms with Crippen molar-refractivity contribution in [2.24, 2.45) is 0 Å². The zero-order chi connectivity index (χ0) is 47.9. The van der Waals surface area contributed by atoms with Gasteiger partial charge in [0.05, 0.1) is 0 Å². The van der Waals surface area contributed by atoms with Gasteiger partial charge in [-0.05, 0) is 109 Å². The van der Waals surface area contributed by atoms with Crippen LogP contribution in [0.2, 0.25) is 0 Å². The molecule has 0 saturated heterocycles. The van der Waals surface area contributed by atoms with Crippen LogP contribution in [0.1, 0.15) is 245 Å². The third kappa shape index (κ3) is 51.3. The number of carbonyl (C=O) groups is 3. The summed E-state index contributed by atoms with van der Waals surface area (Å²) in [5, 5.41) is 0. The molecule has 0 spiro atoms. The highest BCUT2D eigenvalue weighted by Gasteiger charge is 2.19. The molecule has 0 aliphatic rings. The second-order valence-electron chi connectivity index (χ2n) is 17.7. The standard InChI is InChI=1S/C60H100O6/c1-4-7-10-13-16-19-22-25-27-29-30-31-33-35-38-41-44-47-50-53-59(62)65-56-57(55-64-58(61)52-49-46-43-40-37-34-24-21-18-15-12-9-6-3)66-60(63)54-51-48-45-42-39-36-32-28-26-23-20-17-14-11-8-5-2/h7,10,16,19,21,24-25,27-28,30-32,35,38,44,47,57H,4-6,8-9,11-15,17-18,20,22-23,26,29,33-34,36-37,39-43,45-46,48-56H2,1-3H3/b10-7-,19-16-,24-21-,27-25-,31-30-,32-28-,38-35-,47-44-/t57-/m1/s1. The lowest BCUT2D eigenvalue weighted by atomic mass is 10.1. The zero-order valence-electron chi connectivity index (χ0n) is 42.9. The molecule has 66 heavy (non-hydrogen) atoms. The quantitative estimate of drug-likeness (QED) is 0.0262. The SMILES string of the molecule is CC/C=C\C/C=C\C/C=C\C/C=C\C/C=C\C/C=C\CCC(=O)OC[C@@H](COC(=O)CCCCCCC/C=C\CCCCCC)OC(=O)CCCCCCC/C=C\CCCCCCCCC. The van der Waals surface area contributed by atoms with Crippen molar-refractivity contribution in [3.63, 3.8) is 0 Å². The van der Waals surface area contributed by atoms with Crippen molar-refractivity contribution in [2.45, 2.75) is 252 Å². The van der Waals surface area contributed by atoms with E-state index < -0.39 is 6.10 Å². The lowest BCUT2D eigenvalue weighted by Crippen LogP contribution is -2.30. The molecule has 0 aliphatic heterocycles. The number of carbonyl (C=O) groups excluding carboxylic acids is 3. The van der Waals surface area contributed by atoms with E-state index in [1.54, 1.807) is 0 Å². The molecule has 0 aromatic carbocycles. The molecule has 0 radical (unpaired) electrons. The molecule has 6 heteroatoms. The second-order valence-corrected chi connectivity index (χ2v) is 17.7. The minimum absolute atomic E-state index is 0.109. The van der Waals surface area contributed by atoms with Gasteiger partial charge in [0.1, 0.15) is 13.2 Å². The van der Waals surface area contributed by atoms with Crippen molar-refractivity contribution in [3.05, 3.63) is 97.2 Å². The molecular formula is C60H100O6. The first kappa shape index (κ1) is 62.3. The van der Waals surface area contributed by atoms with Gasteiger partial charge in [0.25, 0.3) is 0 Å². The topological polar surface area (TPSA) is 78.9 Å². The monoisotopic (exact) mass is 917 g/mol. The summed E-state index contributed by atoms with van der Waals surface area (Å²) in [6.45, 7) is 6.43. The molecule has 0 bridgehead atoms. The van der Waals surface area contributed by atoms with Gasteiger partial charge in [-0.3, -0.25) is 14.4 Å². The Balaban J connectivity index is 4.52. The Morgan fingerprint density at radius 2 is 0.621 bits per heavy atom. The Bertz CT molecular complexity index is 1330. The zero-order valence-corrected chi connectivity index (χ0v) is 42.9. The number of hydrogen-bond acceptors (Lipinski definition) is 6. The molecule has 0 fully saturated rings. The first-order valence-corrected chi connectivity index (χ1v) is 27.2. The molecule has 0 N–H and O–H groups in total. The van der Waals surface area contributed by atoms with E-state index in [-0.39, 0.29) is 37.5 Å². The van der Waals surface area contributed by atoms with Crippen LogP contribution in [0.15, 0.2) is 97.2 Å². The van der Waals surface area contributed by atoms with Gasteiger partial charge in [0, 0.05) is 19.3 Å². The van der Waals surface area contributed by atoms with Crippen molar-refractivity contribution >= 4 is 17.9 Å². The third-order valence-corrected chi connectivity index (χ3v) is 11.3. The Labute approximate surface area is 407 Å². The molecule has 0 aliphatic carbocycles. The Kier molecular flexibility index (Phi) is 50.9. The minimum Gasteiger partial charge on any atom is -0.462 e. The van der Waals surface area contributed by atoms with Crippen LogP contribution in [0.3, 0.4) is 0 Å². The molecule has 6 nitrogen and oxygen atoms in total. The summed E-state index contributed by atoms with van der Waals surface area (Å²) in [7, 11) is 0. The first-order valence-electron chi connectivity index (χ1n) is 27.2. The number of ether oxygens (including phenoxy) is 3. The summed E-state index contributed by atoms with van der Waals surface area (Å²) in [6.07, 6.45) is 71.2. The van der Waals surface area contributed by atoms with Crippen LogP contribution in [0.5, 0.6) is 0 Å². The van der Waals surface area contributed by atoms with Crippen molar-refractivity contribution in [3.8, 4) is 0 Å². The first-order chi connectivity index (χ1) is 32.5. The average molecular weight is 917 g/mol. The molecule has 0 saturated carbocycles. The van der Waals surface area contributed by atoms with Crippen molar-refractivity contribution in [1.82, 2.24) is 0 Å². The highest BCUT2D eigenvalue weighted by molar-refractivity contribution is 5.71. The summed E-state index contributed by atoms with van der Waals surface area (Å²) in [5.41, 5.74) is 0. The van der Waals surface area contributed by atoms with Crippen LogP contribution >= 0.6 is 0 Å².